The van der Waals surface area contributed by atoms with E-state index in [1.807, 2.05) is 0 Å². The summed E-state index contributed by atoms with van der Waals surface area (Å²) in [7, 11) is 0. The first-order valence-electron chi connectivity index (χ1n) is 7.66. The maximum atomic E-state index is 13.3. The maximum absolute atomic E-state index is 13.3. The van der Waals surface area contributed by atoms with E-state index in [0.717, 1.165) is 16.6 Å². The van der Waals surface area contributed by atoms with Gasteiger partial charge in [-0.05, 0) is 0 Å². The minimum absolute atomic E-state index is 0.0507. The Morgan fingerprint density at radius 1 is 1.52 bits per heavy atom. The summed E-state index contributed by atoms with van der Waals surface area (Å²) in [5.74, 6) is 0.242. The quantitative estimate of drug-likeness (QED) is 0.634. The Hall–Kier alpha value is -2.02. The van der Waals surface area contributed by atoms with Crippen molar-refractivity contribution < 1.29 is 14.3 Å². The number of aliphatic imine (C=N–C) groups is 1. The van der Waals surface area contributed by atoms with Crippen molar-refractivity contribution in [2.24, 2.45) is 4.99 Å². The Bertz CT molecular complexity index is 855. The van der Waals surface area contributed by atoms with E-state index in [-0.39, 0.29) is 24.8 Å². The molecule has 1 aromatic carbocycles. The van der Waals surface area contributed by atoms with E-state index in [0.29, 0.717) is 24.6 Å². The second kappa shape index (κ2) is 6.37. The zero-order chi connectivity index (χ0) is 17.6. The van der Waals surface area contributed by atoms with Gasteiger partial charge in [-0.2, -0.15) is 0 Å². The number of fused-ring (bicyclic) bond motifs is 2. The third kappa shape index (κ3) is 3.01. The molecule has 1 unspecified atom stereocenters. The third-order valence-corrected chi connectivity index (χ3v) is 7.43. The van der Waals surface area contributed by atoms with Crippen LogP contribution in [0.15, 0.2) is 44.8 Å². The second-order valence-electron chi connectivity index (χ2n) is 5.82. The number of likely N-dealkylation sites (tertiary alicyclic amines) is 1. The summed E-state index contributed by atoms with van der Waals surface area (Å²) in [6.45, 7) is 1.04. The van der Waals surface area contributed by atoms with E-state index in [9.17, 15) is 14.3 Å². The molecular weight excluding hydrogens is 414 g/mol. The molecule has 0 aromatic heterocycles. The topological polar surface area (TPSA) is 77.0 Å². The van der Waals surface area contributed by atoms with Crippen molar-refractivity contribution in [1.29, 1.82) is 0 Å². The van der Waals surface area contributed by atoms with Crippen LogP contribution in [-0.4, -0.2) is 50.5 Å². The molecule has 3 N–H and O–H groups in total. The van der Waals surface area contributed by atoms with Crippen molar-refractivity contribution >= 4 is 44.7 Å². The van der Waals surface area contributed by atoms with Gasteiger partial charge < -0.3 is 0 Å². The Kier molecular flexibility index (Phi) is 4.19. The Labute approximate surface area is 154 Å². The summed E-state index contributed by atoms with van der Waals surface area (Å²) in [4.78, 5) is 17.3. The molecule has 3 heterocycles. The fraction of sp³-hybridized carbons (Fsp3) is 0.250. The molecule has 1 saturated heterocycles. The molecule has 0 spiro atoms. The van der Waals surface area contributed by atoms with Crippen LogP contribution in [0.25, 0.3) is 0 Å². The summed E-state index contributed by atoms with van der Waals surface area (Å²) in [6, 6.07) is 4.45. The average Bonchev–Trinajstić information content (AvgIpc) is 2.97. The van der Waals surface area contributed by atoms with Gasteiger partial charge in [-0.25, -0.2) is 0 Å². The average molecular weight is 428 g/mol. The number of nitrogens with one attached hydrogen (secondary N) is 2. The number of halogens is 2. The van der Waals surface area contributed by atoms with E-state index in [1.165, 1.54) is 22.6 Å². The minimum atomic E-state index is -0.868. The van der Waals surface area contributed by atoms with Crippen LogP contribution in [0.4, 0.5) is 14.9 Å². The van der Waals surface area contributed by atoms with Gasteiger partial charge in [0.2, 0.25) is 0 Å². The van der Waals surface area contributed by atoms with Crippen LogP contribution < -0.4 is 10.6 Å². The molecule has 3 aliphatic heterocycles. The predicted molar refractivity (Wildman–Crippen MR) is 94.4 cm³/mol. The van der Waals surface area contributed by atoms with Crippen molar-refractivity contribution in [3.05, 3.63) is 50.6 Å². The van der Waals surface area contributed by atoms with Gasteiger partial charge >= 0.3 is 154 Å². The van der Waals surface area contributed by atoms with Gasteiger partial charge in [0.1, 0.15) is 0 Å². The predicted octanol–water partition coefficient (Wildman–Crippen LogP) is 2.84. The molecule has 0 aliphatic carbocycles. The van der Waals surface area contributed by atoms with Crippen molar-refractivity contribution in [2.45, 2.75) is 11.2 Å². The van der Waals surface area contributed by atoms with Crippen molar-refractivity contribution in [1.82, 2.24) is 10.2 Å². The summed E-state index contributed by atoms with van der Waals surface area (Å²) >= 11 is 5.90. The number of hydrogen-bond donors (Lipinski definition) is 3. The molecular formula is C16H14ClFN4O2Se. The molecule has 6 nitrogen and oxygen atoms in total. The Balaban J connectivity index is 1.62. The molecule has 4 rings (SSSR count). The van der Waals surface area contributed by atoms with Crippen molar-refractivity contribution in [3.63, 3.8) is 0 Å². The number of nitrogens with zero attached hydrogens (tertiary/aromatic N) is 2. The number of benzene rings is 1. The first-order chi connectivity index (χ1) is 12.0. The zero-order valence-electron chi connectivity index (χ0n) is 12.9. The molecule has 0 bridgehead atoms. The molecule has 1 fully saturated rings. The third-order valence-electron chi connectivity index (χ3n) is 4.30. The first-order valence-corrected chi connectivity index (χ1v) is 9.88. The number of anilines is 1. The monoisotopic (exact) mass is 428 g/mol. The van der Waals surface area contributed by atoms with Crippen LogP contribution in [0.2, 0.25) is 9.84 Å². The van der Waals surface area contributed by atoms with Gasteiger partial charge in [0, 0.05) is 0 Å². The second-order valence-corrected chi connectivity index (χ2v) is 8.77. The van der Waals surface area contributed by atoms with Crippen LogP contribution in [0.1, 0.15) is 6.42 Å². The molecule has 3 aliphatic rings. The van der Waals surface area contributed by atoms with Crippen LogP contribution in [0.3, 0.4) is 0 Å². The zero-order valence-corrected chi connectivity index (χ0v) is 15.4. The van der Waals surface area contributed by atoms with Crippen LogP contribution in [0, 0.1) is 5.82 Å². The molecule has 0 saturated carbocycles. The molecule has 1 amide bonds. The van der Waals surface area contributed by atoms with Crippen molar-refractivity contribution in [2.75, 3.05) is 18.4 Å². The molecule has 130 valence electrons. The number of allylic oxidation sites excluding steroid dienone is 1. The fourth-order valence-electron chi connectivity index (χ4n) is 3.09. The molecule has 25 heavy (non-hydrogen) atoms. The SMILES string of the molecule is O=C(O)N1CCC2=C3NC=NC(Nc4ccc(F)c(Cl)c4)=C3[Se]C2C1. The van der Waals surface area contributed by atoms with Crippen LogP contribution >= 0.6 is 11.6 Å². The summed E-state index contributed by atoms with van der Waals surface area (Å²) in [5.41, 5.74) is 2.99. The van der Waals surface area contributed by atoms with Crippen LogP contribution in [-0.2, 0) is 0 Å². The van der Waals surface area contributed by atoms with E-state index in [2.05, 4.69) is 15.6 Å². The summed E-state index contributed by atoms with van der Waals surface area (Å²) in [6.07, 6.45) is 1.49. The van der Waals surface area contributed by atoms with Crippen LogP contribution in [0.5, 0.6) is 0 Å². The van der Waals surface area contributed by atoms with E-state index in [4.69, 9.17) is 11.6 Å². The van der Waals surface area contributed by atoms with Gasteiger partial charge in [0.25, 0.3) is 0 Å². The fourth-order valence-corrected chi connectivity index (χ4v) is 6.29. The number of rotatable bonds is 2. The van der Waals surface area contributed by atoms with Gasteiger partial charge in [-0.3, -0.25) is 0 Å². The summed E-state index contributed by atoms with van der Waals surface area (Å²) in [5, 5.41) is 15.7. The molecule has 0 radical (unpaired) electrons. The Morgan fingerprint density at radius 3 is 3.12 bits per heavy atom. The van der Waals surface area contributed by atoms with E-state index < -0.39 is 11.9 Å². The first kappa shape index (κ1) is 16.4. The van der Waals surface area contributed by atoms with Gasteiger partial charge in [0.15, 0.2) is 0 Å². The number of piperidine rings is 1. The van der Waals surface area contributed by atoms with Gasteiger partial charge in [-0.1, -0.05) is 0 Å². The normalized spacial score (nSPS) is 21.8. The number of carbonyl (C=O) groups is 1. The van der Waals surface area contributed by atoms with Gasteiger partial charge in [-0.15, -0.1) is 0 Å². The molecule has 1 atom stereocenters. The summed E-state index contributed by atoms with van der Waals surface area (Å²) < 4.78 is 14.4. The van der Waals surface area contributed by atoms with Crippen molar-refractivity contribution in [3.8, 4) is 0 Å². The number of amides is 1. The molecule has 9 heteroatoms. The van der Waals surface area contributed by atoms with E-state index >= 15 is 0 Å². The number of carboxylic acid groups (broad SMARTS) is 1. The number of hydrogen-bond acceptors (Lipinski definition) is 4. The standard InChI is InChI=1S/C16H14ClFN4O2Se/c17-10-5-8(1-2-11(10)18)21-15-14-13(19-7-20-15)9-3-4-22(16(23)24)6-12(9)25-14/h1-2,5,7,12,21H,3-4,6H2,(H,19,20)(H,23,24). The van der Waals surface area contributed by atoms with E-state index in [1.54, 1.807) is 12.4 Å². The molecule has 1 aromatic rings. The van der Waals surface area contributed by atoms with Gasteiger partial charge in [0.05, 0.1) is 0 Å². The Morgan fingerprint density at radius 2 is 2.36 bits per heavy atom.